The van der Waals surface area contributed by atoms with Crippen LogP contribution in [0.5, 0.6) is 0 Å². The van der Waals surface area contributed by atoms with Gasteiger partial charge in [0, 0.05) is 0 Å². The molecule has 4 nitrogen and oxygen atoms in total. The van der Waals surface area contributed by atoms with Crippen molar-refractivity contribution >= 4 is 39.5 Å². The number of amides is 2. The standard InChI is InChI=1S/C16H30N2O2Se2/c1-6-11-12-14(22-16(20)18(9-4)10-5)13-21-15(19)17(7-2)8-3/h13H,6-12H2,1-5H3/b14-13+. The van der Waals surface area contributed by atoms with E-state index in [-0.39, 0.29) is 39.5 Å². The number of hydrogen-bond acceptors (Lipinski definition) is 2. The van der Waals surface area contributed by atoms with Gasteiger partial charge in [0.15, 0.2) is 0 Å². The van der Waals surface area contributed by atoms with Crippen LogP contribution in [-0.2, 0) is 0 Å². The minimum atomic E-state index is -0.180. The van der Waals surface area contributed by atoms with Crippen LogP contribution in [0.2, 0.25) is 0 Å². The van der Waals surface area contributed by atoms with Crippen molar-refractivity contribution in [2.75, 3.05) is 26.2 Å². The van der Waals surface area contributed by atoms with Crippen molar-refractivity contribution in [3.63, 3.8) is 0 Å². The first-order chi connectivity index (χ1) is 10.5. The molecule has 22 heavy (non-hydrogen) atoms. The van der Waals surface area contributed by atoms with E-state index < -0.39 is 0 Å². The van der Waals surface area contributed by atoms with Gasteiger partial charge in [-0.05, 0) is 0 Å². The van der Waals surface area contributed by atoms with E-state index in [1.807, 2.05) is 37.5 Å². The summed E-state index contributed by atoms with van der Waals surface area (Å²) in [6.07, 6.45) is 3.16. The van der Waals surface area contributed by atoms with Crippen LogP contribution in [-0.4, -0.2) is 75.5 Å². The molecule has 128 valence electrons. The molecule has 6 heteroatoms. The van der Waals surface area contributed by atoms with Crippen molar-refractivity contribution in [3.05, 3.63) is 9.45 Å². The van der Waals surface area contributed by atoms with Crippen molar-refractivity contribution in [2.45, 2.75) is 53.9 Å². The third-order valence-corrected chi connectivity index (χ3v) is 8.03. The number of carbonyl (C=O) groups excluding carboxylic acids is 2. The monoisotopic (exact) mass is 442 g/mol. The molecule has 0 aliphatic heterocycles. The first-order valence-electron chi connectivity index (χ1n) is 8.15. The maximum atomic E-state index is 12.3. The quantitative estimate of drug-likeness (QED) is 0.463. The number of unbranched alkanes of at least 4 members (excludes halogenated alkanes) is 1. The molecule has 2 amide bonds. The van der Waals surface area contributed by atoms with Crippen molar-refractivity contribution in [3.8, 4) is 0 Å². The number of nitrogens with zero attached hydrogens (tertiary/aromatic N) is 2. The van der Waals surface area contributed by atoms with Crippen molar-refractivity contribution in [2.24, 2.45) is 0 Å². The second-order valence-electron chi connectivity index (χ2n) is 4.78. The second kappa shape index (κ2) is 13.2. The average Bonchev–Trinajstić information content (AvgIpc) is 2.52. The van der Waals surface area contributed by atoms with Gasteiger partial charge in [-0.2, -0.15) is 0 Å². The molecule has 0 heterocycles. The van der Waals surface area contributed by atoms with E-state index in [0.29, 0.717) is 0 Å². The summed E-state index contributed by atoms with van der Waals surface area (Å²) in [6.45, 7) is 13.3. The SMILES string of the molecule is CCCC/C(=C\[Se]C(=O)N(CC)CC)[Se]C(=O)N(CC)CC. The van der Waals surface area contributed by atoms with Gasteiger partial charge in [-0.25, -0.2) is 0 Å². The summed E-state index contributed by atoms with van der Waals surface area (Å²) < 4.78 is 1.20. The van der Waals surface area contributed by atoms with E-state index in [4.69, 9.17) is 0 Å². The van der Waals surface area contributed by atoms with Gasteiger partial charge in [-0.3, -0.25) is 0 Å². The summed E-state index contributed by atoms with van der Waals surface area (Å²) in [5.41, 5.74) is 0. The van der Waals surface area contributed by atoms with Gasteiger partial charge in [0.05, 0.1) is 0 Å². The third-order valence-electron chi connectivity index (χ3n) is 3.33. The zero-order chi connectivity index (χ0) is 17.0. The first kappa shape index (κ1) is 21.7. The fourth-order valence-electron chi connectivity index (χ4n) is 1.82. The van der Waals surface area contributed by atoms with Crippen molar-refractivity contribution in [1.29, 1.82) is 0 Å². The zero-order valence-electron chi connectivity index (χ0n) is 14.6. The van der Waals surface area contributed by atoms with E-state index in [1.54, 1.807) is 0 Å². The van der Waals surface area contributed by atoms with Gasteiger partial charge in [0.1, 0.15) is 0 Å². The van der Waals surface area contributed by atoms with Crippen LogP contribution in [0.25, 0.3) is 0 Å². The Kier molecular flexibility index (Phi) is 13.0. The Morgan fingerprint density at radius 3 is 1.82 bits per heavy atom. The Labute approximate surface area is 148 Å². The molecule has 0 aromatic heterocycles. The van der Waals surface area contributed by atoms with Gasteiger partial charge in [-0.15, -0.1) is 0 Å². The van der Waals surface area contributed by atoms with Gasteiger partial charge < -0.3 is 0 Å². The summed E-state index contributed by atoms with van der Waals surface area (Å²) in [4.78, 5) is 30.7. The fraction of sp³-hybridized carbons (Fsp3) is 0.750. The number of hydrogen-bond donors (Lipinski definition) is 0. The molecule has 0 saturated carbocycles. The molecule has 0 rings (SSSR count). The Balaban J connectivity index is 4.77. The number of carbonyl (C=O) groups is 2. The van der Waals surface area contributed by atoms with Crippen LogP contribution in [0.15, 0.2) is 9.45 Å². The molecule has 0 spiro atoms. The fourth-order valence-corrected chi connectivity index (χ4v) is 6.36. The molecule has 0 aromatic rings. The summed E-state index contributed by atoms with van der Waals surface area (Å²) in [7, 11) is 0. The minimum absolute atomic E-state index is 0.160. The number of allylic oxidation sites excluding steroid dienone is 1. The third kappa shape index (κ3) is 8.38. The van der Waals surface area contributed by atoms with Gasteiger partial charge >= 0.3 is 148 Å². The molecular weight excluding hydrogens is 410 g/mol. The van der Waals surface area contributed by atoms with Crippen molar-refractivity contribution < 1.29 is 9.59 Å². The topological polar surface area (TPSA) is 40.6 Å². The summed E-state index contributed by atoms with van der Waals surface area (Å²) in [5, 5.41) is 0. The van der Waals surface area contributed by atoms with E-state index in [2.05, 4.69) is 11.9 Å². The molecule has 0 aliphatic rings. The van der Waals surface area contributed by atoms with Gasteiger partial charge in [0.25, 0.3) is 0 Å². The molecular formula is C16H30N2O2Se2. The van der Waals surface area contributed by atoms with Gasteiger partial charge in [0.2, 0.25) is 0 Å². The molecule has 0 saturated heterocycles. The maximum absolute atomic E-state index is 12.3. The van der Waals surface area contributed by atoms with Crippen LogP contribution >= 0.6 is 0 Å². The molecule has 0 fully saturated rings. The second-order valence-corrected chi connectivity index (χ2v) is 8.77. The Bertz CT molecular complexity index is 365. The van der Waals surface area contributed by atoms with E-state index in [1.165, 1.54) is 4.47 Å². The van der Waals surface area contributed by atoms with Crippen molar-refractivity contribution in [1.82, 2.24) is 9.80 Å². The Morgan fingerprint density at radius 2 is 1.36 bits per heavy atom. The van der Waals surface area contributed by atoms with Crippen LogP contribution in [0.4, 0.5) is 9.59 Å². The molecule has 0 aliphatic carbocycles. The average molecular weight is 440 g/mol. The summed E-state index contributed by atoms with van der Waals surface area (Å²) in [6, 6.07) is 0. The summed E-state index contributed by atoms with van der Waals surface area (Å²) in [5.74, 6) is 0. The summed E-state index contributed by atoms with van der Waals surface area (Å²) >= 11 is -0.340. The van der Waals surface area contributed by atoms with Crippen LogP contribution in [0, 0.1) is 0 Å². The molecule has 0 bridgehead atoms. The van der Waals surface area contributed by atoms with E-state index in [9.17, 15) is 9.59 Å². The van der Waals surface area contributed by atoms with Crippen LogP contribution < -0.4 is 0 Å². The molecule has 0 N–H and O–H groups in total. The first-order valence-corrected chi connectivity index (χ1v) is 11.7. The normalized spacial score (nSPS) is 11.4. The Morgan fingerprint density at radius 1 is 0.864 bits per heavy atom. The molecule has 0 unspecified atom stereocenters. The molecule has 0 radical (unpaired) electrons. The van der Waals surface area contributed by atoms with Gasteiger partial charge in [-0.1, -0.05) is 0 Å². The van der Waals surface area contributed by atoms with E-state index >= 15 is 0 Å². The molecule has 0 aromatic carbocycles. The molecule has 0 atom stereocenters. The van der Waals surface area contributed by atoms with Crippen LogP contribution in [0.3, 0.4) is 0 Å². The Hall–Kier alpha value is -0.281. The predicted octanol–water partition coefficient (Wildman–Crippen LogP) is 3.35. The predicted molar refractivity (Wildman–Crippen MR) is 95.8 cm³/mol. The number of rotatable bonds is 11. The van der Waals surface area contributed by atoms with E-state index in [0.717, 1.165) is 45.4 Å². The van der Waals surface area contributed by atoms with Crippen LogP contribution in [0.1, 0.15) is 53.9 Å². The zero-order valence-corrected chi connectivity index (χ0v) is 18.0.